The second kappa shape index (κ2) is 4.25. The third-order valence-corrected chi connectivity index (χ3v) is 3.18. The van der Waals surface area contributed by atoms with Crippen LogP contribution in [0.4, 0.5) is 11.5 Å². The van der Waals surface area contributed by atoms with E-state index in [2.05, 4.69) is 10.3 Å². The molecule has 0 aliphatic heterocycles. The van der Waals surface area contributed by atoms with Gasteiger partial charge in [0.15, 0.2) is 0 Å². The van der Waals surface area contributed by atoms with Crippen LogP contribution in [0.2, 0.25) is 0 Å². The van der Waals surface area contributed by atoms with Crippen molar-refractivity contribution in [3.05, 3.63) is 28.4 Å². The number of aromatic nitrogens is 1. The van der Waals surface area contributed by atoms with Gasteiger partial charge in [-0.15, -0.1) is 0 Å². The van der Waals surface area contributed by atoms with Crippen molar-refractivity contribution < 1.29 is 14.8 Å². The van der Waals surface area contributed by atoms with E-state index in [0.29, 0.717) is 0 Å². The summed E-state index contributed by atoms with van der Waals surface area (Å²) in [5.74, 6) is -0.727. The quantitative estimate of drug-likeness (QED) is 0.609. The standard InChI is InChI=1S/C11H13N3O4/c1-11(10(15)16,7-2-3-7)13-9-6-8(14(17)18)4-5-12-9/h4-7H,2-3H2,1H3,(H,12,13)(H,15,16). The molecule has 1 saturated carbocycles. The molecule has 0 spiro atoms. The number of nitrogens with one attached hydrogen (secondary N) is 1. The maximum absolute atomic E-state index is 11.3. The van der Waals surface area contributed by atoms with E-state index in [9.17, 15) is 20.0 Å². The Bertz CT molecular complexity index is 501. The molecule has 2 N–H and O–H groups in total. The Hall–Kier alpha value is -2.18. The number of carboxylic acids is 1. The zero-order valence-electron chi connectivity index (χ0n) is 9.79. The molecule has 7 heteroatoms. The number of hydrogen-bond donors (Lipinski definition) is 2. The first-order valence-electron chi connectivity index (χ1n) is 5.55. The van der Waals surface area contributed by atoms with Crippen LogP contribution in [0.5, 0.6) is 0 Å². The molecular weight excluding hydrogens is 238 g/mol. The molecule has 1 atom stereocenters. The molecule has 96 valence electrons. The van der Waals surface area contributed by atoms with Crippen LogP contribution in [0, 0.1) is 16.0 Å². The van der Waals surface area contributed by atoms with E-state index in [-0.39, 0.29) is 17.4 Å². The van der Waals surface area contributed by atoms with Gasteiger partial charge in [-0.3, -0.25) is 10.1 Å². The van der Waals surface area contributed by atoms with Gasteiger partial charge < -0.3 is 10.4 Å². The van der Waals surface area contributed by atoms with Crippen LogP contribution in [0.3, 0.4) is 0 Å². The minimum absolute atomic E-state index is 0.0380. The summed E-state index contributed by atoms with van der Waals surface area (Å²) in [6.45, 7) is 1.58. The lowest BCUT2D eigenvalue weighted by Gasteiger charge is -2.26. The van der Waals surface area contributed by atoms with Crippen molar-refractivity contribution in [1.29, 1.82) is 0 Å². The van der Waals surface area contributed by atoms with Gasteiger partial charge in [-0.05, 0) is 25.7 Å². The Kier molecular flexibility index (Phi) is 2.90. The summed E-state index contributed by atoms with van der Waals surface area (Å²) in [7, 11) is 0. The highest BCUT2D eigenvalue weighted by Gasteiger charge is 2.47. The number of anilines is 1. The fourth-order valence-corrected chi connectivity index (χ4v) is 1.86. The molecule has 1 aliphatic rings. The van der Waals surface area contributed by atoms with Crippen molar-refractivity contribution in [3.63, 3.8) is 0 Å². The van der Waals surface area contributed by atoms with Gasteiger partial charge in [-0.1, -0.05) is 0 Å². The topological polar surface area (TPSA) is 105 Å². The second-order valence-corrected chi connectivity index (χ2v) is 4.56. The van der Waals surface area contributed by atoms with E-state index in [1.54, 1.807) is 6.92 Å². The fourth-order valence-electron chi connectivity index (χ4n) is 1.86. The number of nitrogens with zero attached hydrogens (tertiary/aromatic N) is 2. The van der Waals surface area contributed by atoms with Gasteiger partial charge in [0.25, 0.3) is 5.69 Å². The minimum atomic E-state index is -1.12. The predicted octanol–water partition coefficient (Wildman–Crippen LogP) is 1.65. The van der Waals surface area contributed by atoms with Crippen molar-refractivity contribution in [1.82, 2.24) is 4.98 Å². The van der Waals surface area contributed by atoms with E-state index in [0.717, 1.165) is 12.8 Å². The van der Waals surface area contributed by atoms with Crippen LogP contribution >= 0.6 is 0 Å². The van der Waals surface area contributed by atoms with Gasteiger partial charge in [0, 0.05) is 12.3 Å². The Morgan fingerprint density at radius 3 is 2.83 bits per heavy atom. The summed E-state index contributed by atoms with van der Waals surface area (Å²) in [5, 5.41) is 22.7. The molecule has 1 fully saturated rings. The van der Waals surface area contributed by atoms with E-state index >= 15 is 0 Å². The molecule has 0 amide bonds. The van der Waals surface area contributed by atoms with Gasteiger partial charge in [-0.25, -0.2) is 9.78 Å². The normalized spacial score (nSPS) is 17.8. The summed E-state index contributed by atoms with van der Waals surface area (Å²) in [6.07, 6.45) is 2.96. The largest absolute Gasteiger partial charge is 0.480 e. The van der Waals surface area contributed by atoms with Gasteiger partial charge in [-0.2, -0.15) is 0 Å². The lowest BCUT2D eigenvalue weighted by Crippen LogP contribution is -2.45. The van der Waals surface area contributed by atoms with E-state index < -0.39 is 16.4 Å². The smallest absolute Gasteiger partial charge is 0.329 e. The first-order valence-corrected chi connectivity index (χ1v) is 5.55. The van der Waals surface area contributed by atoms with Gasteiger partial charge >= 0.3 is 5.97 Å². The van der Waals surface area contributed by atoms with Crippen LogP contribution in [0.1, 0.15) is 19.8 Å². The lowest BCUT2D eigenvalue weighted by atomic mass is 9.96. The van der Waals surface area contributed by atoms with Crippen LogP contribution in [-0.2, 0) is 4.79 Å². The second-order valence-electron chi connectivity index (χ2n) is 4.56. The number of rotatable bonds is 5. The predicted molar refractivity (Wildman–Crippen MR) is 63.3 cm³/mol. The number of carbonyl (C=O) groups is 1. The molecule has 1 aromatic rings. The zero-order valence-corrected chi connectivity index (χ0v) is 9.79. The first kappa shape index (κ1) is 12.3. The molecule has 0 bridgehead atoms. The van der Waals surface area contributed by atoms with Crippen molar-refractivity contribution in [2.24, 2.45) is 5.92 Å². The van der Waals surface area contributed by atoms with Crippen molar-refractivity contribution >= 4 is 17.5 Å². The first-order chi connectivity index (χ1) is 8.43. The lowest BCUT2D eigenvalue weighted by molar-refractivity contribution is -0.384. The third-order valence-electron chi connectivity index (χ3n) is 3.18. The van der Waals surface area contributed by atoms with Crippen molar-refractivity contribution in [2.75, 3.05) is 5.32 Å². The summed E-state index contributed by atoms with van der Waals surface area (Å²) in [4.78, 5) is 25.3. The Balaban J connectivity index is 2.24. The maximum atomic E-state index is 11.3. The number of pyridine rings is 1. The van der Waals surface area contributed by atoms with Gasteiger partial charge in [0.1, 0.15) is 11.4 Å². The minimum Gasteiger partial charge on any atom is -0.480 e. The fraction of sp³-hybridized carbons (Fsp3) is 0.455. The van der Waals surface area contributed by atoms with Crippen LogP contribution < -0.4 is 5.32 Å². The molecule has 0 saturated heterocycles. The van der Waals surface area contributed by atoms with Crippen LogP contribution in [0.15, 0.2) is 18.3 Å². The SMILES string of the molecule is CC(Nc1cc([N+](=O)[O-])ccn1)(C(=O)O)C1CC1. The Morgan fingerprint density at radius 1 is 1.67 bits per heavy atom. The number of aliphatic carboxylic acids is 1. The molecule has 1 aliphatic carbocycles. The Morgan fingerprint density at radius 2 is 2.33 bits per heavy atom. The molecule has 1 unspecified atom stereocenters. The van der Waals surface area contributed by atoms with Gasteiger partial charge in [0.05, 0.1) is 11.0 Å². The maximum Gasteiger partial charge on any atom is 0.329 e. The van der Waals surface area contributed by atoms with Crippen molar-refractivity contribution in [2.45, 2.75) is 25.3 Å². The zero-order chi connectivity index (χ0) is 13.3. The number of nitro groups is 1. The molecule has 18 heavy (non-hydrogen) atoms. The molecule has 1 aromatic heterocycles. The highest BCUT2D eigenvalue weighted by atomic mass is 16.6. The average molecular weight is 251 g/mol. The highest BCUT2D eigenvalue weighted by molar-refractivity contribution is 5.83. The van der Waals surface area contributed by atoms with Crippen LogP contribution in [0.25, 0.3) is 0 Å². The van der Waals surface area contributed by atoms with Crippen molar-refractivity contribution in [3.8, 4) is 0 Å². The summed E-state index contributed by atoms with van der Waals surface area (Å²) >= 11 is 0. The van der Waals surface area contributed by atoms with Gasteiger partial charge in [0.2, 0.25) is 0 Å². The molecule has 0 radical (unpaired) electrons. The van der Waals surface area contributed by atoms with E-state index in [4.69, 9.17) is 0 Å². The average Bonchev–Trinajstić information content (AvgIpc) is 3.13. The molecule has 7 nitrogen and oxygen atoms in total. The Labute approximate surface area is 103 Å². The van der Waals surface area contributed by atoms with Crippen LogP contribution in [-0.4, -0.2) is 26.5 Å². The molecule has 2 rings (SSSR count). The molecule has 1 heterocycles. The number of carboxylic acid groups (broad SMARTS) is 1. The third kappa shape index (κ3) is 2.24. The monoisotopic (exact) mass is 251 g/mol. The molecule has 0 aromatic carbocycles. The van der Waals surface area contributed by atoms with E-state index in [1.165, 1.54) is 18.3 Å². The highest BCUT2D eigenvalue weighted by Crippen LogP contribution is 2.41. The summed E-state index contributed by atoms with van der Waals surface area (Å²) in [5.41, 5.74) is -1.24. The van der Waals surface area contributed by atoms with E-state index in [1.807, 2.05) is 0 Å². The summed E-state index contributed by atoms with van der Waals surface area (Å²) < 4.78 is 0. The summed E-state index contributed by atoms with van der Waals surface area (Å²) in [6, 6.07) is 2.50. The number of hydrogen-bond acceptors (Lipinski definition) is 5. The molecular formula is C11H13N3O4.